The number of nitrogens with one attached hydrogen (secondary N) is 2. The second kappa shape index (κ2) is 5.14. The predicted molar refractivity (Wildman–Crippen MR) is 72.7 cm³/mol. The zero-order chi connectivity index (χ0) is 14.2. The first-order chi connectivity index (χ1) is 9.63. The highest BCUT2D eigenvalue weighted by Crippen LogP contribution is 2.49. The van der Waals surface area contributed by atoms with Crippen molar-refractivity contribution >= 4 is 5.91 Å². The third kappa shape index (κ3) is 2.31. The van der Waals surface area contributed by atoms with Crippen LogP contribution in [0.25, 0.3) is 0 Å². The van der Waals surface area contributed by atoms with Gasteiger partial charge in [0, 0.05) is 31.1 Å². The molecule has 1 aliphatic carbocycles. The molecule has 0 bridgehead atoms. The van der Waals surface area contributed by atoms with Gasteiger partial charge in [0.2, 0.25) is 5.91 Å². The van der Waals surface area contributed by atoms with E-state index in [1.165, 1.54) is 6.07 Å². The molecule has 0 radical (unpaired) electrons. The molecule has 1 heterocycles. The Morgan fingerprint density at radius 1 is 1.40 bits per heavy atom. The first-order valence-corrected chi connectivity index (χ1v) is 7.05. The molecule has 3 N–H and O–H groups in total. The Balaban J connectivity index is 1.66. The predicted octanol–water partition coefficient (Wildman–Crippen LogP) is 0.554. The summed E-state index contributed by atoms with van der Waals surface area (Å²) < 4.78 is 13.9. The molecule has 1 aromatic rings. The second-order valence-electron chi connectivity index (χ2n) is 5.76. The van der Waals surface area contributed by atoms with Gasteiger partial charge in [-0.25, -0.2) is 4.39 Å². The van der Waals surface area contributed by atoms with Crippen LogP contribution in [0.5, 0.6) is 0 Å². The highest BCUT2D eigenvalue weighted by atomic mass is 19.1. The van der Waals surface area contributed by atoms with Crippen molar-refractivity contribution in [3.63, 3.8) is 0 Å². The van der Waals surface area contributed by atoms with Crippen LogP contribution in [0, 0.1) is 11.7 Å². The first kappa shape index (κ1) is 13.5. The van der Waals surface area contributed by atoms with E-state index in [4.69, 9.17) is 0 Å². The number of carbonyl (C=O) groups excluding carboxylic acids is 1. The van der Waals surface area contributed by atoms with E-state index in [0.29, 0.717) is 38.0 Å². The summed E-state index contributed by atoms with van der Waals surface area (Å²) in [7, 11) is 0. The van der Waals surface area contributed by atoms with Crippen molar-refractivity contribution in [1.82, 2.24) is 10.6 Å². The Morgan fingerprint density at radius 2 is 2.15 bits per heavy atom. The summed E-state index contributed by atoms with van der Waals surface area (Å²) in [4.78, 5) is 12.4. The van der Waals surface area contributed by atoms with E-state index in [9.17, 15) is 14.3 Å². The Labute approximate surface area is 117 Å². The lowest BCUT2D eigenvalue weighted by Crippen LogP contribution is -2.40. The molecule has 2 fully saturated rings. The fraction of sp³-hybridized carbons (Fsp3) is 0.533. The number of carbonyl (C=O) groups is 1. The maximum atomic E-state index is 13.9. The van der Waals surface area contributed by atoms with Gasteiger partial charge in [0.1, 0.15) is 5.82 Å². The summed E-state index contributed by atoms with van der Waals surface area (Å²) in [5, 5.41) is 15.7. The summed E-state index contributed by atoms with van der Waals surface area (Å²) in [5.41, 5.74) is -0.204. The summed E-state index contributed by atoms with van der Waals surface area (Å²) in [5.74, 6) is -0.403. The Morgan fingerprint density at radius 3 is 2.75 bits per heavy atom. The maximum absolute atomic E-state index is 13.9. The van der Waals surface area contributed by atoms with E-state index >= 15 is 0 Å². The monoisotopic (exact) mass is 278 g/mol. The van der Waals surface area contributed by atoms with Crippen molar-refractivity contribution < 1.29 is 14.3 Å². The first-order valence-electron chi connectivity index (χ1n) is 7.05. The molecule has 0 spiro atoms. The van der Waals surface area contributed by atoms with Crippen molar-refractivity contribution in [3.8, 4) is 0 Å². The molecule has 20 heavy (non-hydrogen) atoms. The number of rotatable bonds is 4. The SMILES string of the molecule is O=C(NCC1CNCC1O)C1(c2ccccc2F)CC1. The van der Waals surface area contributed by atoms with E-state index in [1.54, 1.807) is 18.2 Å². The van der Waals surface area contributed by atoms with Crippen LogP contribution in [0.2, 0.25) is 0 Å². The van der Waals surface area contributed by atoms with Crippen LogP contribution in [0.15, 0.2) is 24.3 Å². The highest BCUT2D eigenvalue weighted by molar-refractivity contribution is 5.91. The number of hydrogen-bond donors (Lipinski definition) is 3. The number of β-amino-alcohol motifs (C(OH)–C–C–N with tert-alkyl or cyclic N) is 1. The van der Waals surface area contributed by atoms with Gasteiger partial charge in [0.25, 0.3) is 0 Å². The number of aliphatic hydroxyl groups excluding tert-OH is 1. The number of hydrogen-bond acceptors (Lipinski definition) is 3. The smallest absolute Gasteiger partial charge is 0.230 e. The number of amides is 1. The average molecular weight is 278 g/mol. The molecule has 1 saturated heterocycles. The molecule has 1 amide bonds. The van der Waals surface area contributed by atoms with Crippen LogP contribution in [-0.4, -0.2) is 36.8 Å². The van der Waals surface area contributed by atoms with E-state index in [2.05, 4.69) is 10.6 Å². The van der Waals surface area contributed by atoms with E-state index in [1.807, 2.05) is 0 Å². The van der Waals surface area contributed by atoms with E-state index < -0.39 is 11.5 Å². The summed E-state index contributed by atoms with van der Waals surface area (Å²) in [6.45, 7) is 1.70. The Kier molecular flexibility index (Phi) is 3.48. The fourth-order valence-corrected chi connectivity index (χ4v) is 2.91. The zero-order valence-electron chi connectivity index (χ0n) is 11.2. The molecule has 2 unspecified atom stereocenters. The Hall–Kier alpha value is -1.46. The lowest BCUT2D eigenvalue weighted by atomic mass is 9.94. The van der Waals surface area contributed by atoms with E-state index in [-0.39, 0.29) is 17.6 Å². The molecule has 3 rings (SSSR count). The van der Waals surface area contributed by atoms with Gasteiger partial charge in [-0.1, -0.05) is 18.2 Å². The van der Waals surface area contributed by atoms with Crippen molar-refractivity contribution in [1.29, 1.82) is 0 Å². The molecular weight excluding hydrogens is 259 g/mol. The van der Waals surface area contributed by atoms with Gasteiger partial charge < -0.3 is 15.7 Å². The lowest BCUT2D eigenvalue weighted by molar-refractivity contribution is -0.123. The largest absolute Gasteiger partial charge is 0.391 e. The van der Waals surface area contributed by atoms with Crippen molar-refractivity contribution in [3.05, 3.63) is 35.6 Å². The molecule has 4 nitrogen and oxygen atoms in total. The van der Waals surface area contributed by atoms with Crippen LogP contribution < -0.4 is 10.6 Å². The molecule has 1 aliphatic heterocycles. The summed E-state index contributed by atoms with van der Waals surface area (Å²) in [6, 6.07) is 6.48. The van der Waals surface area contributed by atoms with E-state index in [0.717, 1.165) is 0 Å². The maximum Gasteiger partial charge on any atom is 0.230 e. The molecule has 1 aromatic carbocycles. The highest BCUT2D eigenvalue weighted by Gasteiger charge is 2.52. The minimum Gasteiger partial charge on any atom is -0.391 e. The third-order valence-corrected chi connectivity index (χ3v) is 4.40. The van der Waals surface area contributed by atoms with Crippen LogP contribution in [0.3, 0.4) is 0 Å². The minimum atomic E-state index is -0.692. The summed E-state index contributed by atoms with van der Waals surface area (Å²) in [6.07, 6.45) is 0.954. The standard InChI is InChI=1S/C15H19FN2O2/c16-12-4-2-1-3-11(12)15(5-6-15)14(20)18-8-10-7-17-9-13(10)19/h1-4,10,13,17,19H,5-9H2,(H,18,20). The van der Waals surface area contributed by atoms with Crippen LogP contribution >= 0.6 is 0 Å². The van der Waals surface area contributed by atoms with Gasteiger partial charge in [0.15, 0.2) is 0 Å². The number of benzene rings is 1. The molecule has 0 aromatic heterocycles. The molecule has 5 heteroatoms. The van der Waals surface area contributed by atoms with Crippen molar-refractivity contribution in [2.75, 3.05) is 19.6 Å². The quantitative estimate of drug-likeness (QED) is 0.754. The number of halogens is 1. The van der Waals surface area contributed by atoms with Crippen molar-refractivity contribution in [2.24, 2.45) is 5.92 Å². The van der Waals surface area contributed by atoms with Crippen LogP contribution in [0.1, 0.15) is 18.4 Å². The average Bonchev–Trinajstić information content (AvgIpc) is 3.15. The fourth-order valence-electron chi connectivity index (χ4n) is 2.91. The molecule has 2 aliphatic rings. The van der Waals surface area contributed by atoms with Gasteiger partial charge in [0.05, 0.1) is 11.5 Å². The lowest BCUT2D eigenvalue weighted by Gasteiger charge is -2.19. The van der Waals surface area contributed by atoms with Gasteiger partial charge in [-0.15, -0.1) is 0 Å². The molecule has 1 saturated carbocycles. The van der Waals surface area contributed by atoms with Gasteiger partial charge in [-0.2, -0.15) is 0 Å². The third-order valence-electron chi connectivity index (χ3n) is 4.40. The summed E-state index contributed by atoms with van der Waals surface area (Å²) >= 11 is 0. The zero-order valence-corrected chi connectivity index (χ0v) is 11.2. The number of aliphatic hydroxyl groups is 1. The van der Waals surface area contributed by atoms with Crippen LogP contribution in [0.4, 0.5) is 4.39 Å². The topological polar surface area (TPSA) is 61.4 Å². The Bertz CT molecular complexity index is 516. The van der Waals surface area contributed by atoms with Crippen LogP contribution in [-0.2, 0) is 10.2 Å². The van der Waals surface area contributed by atoms with Gasteiger partial charge >= 0.3 is 0 Å². The normalized spacial score (nSPS) is 27.3. The second-order valence-corrected chi connectivity index (χ2v) is 5.76. The van der Waals surface area contributed by atoms with Crippen molar-refractivity contribution in [2.45, 2.75) is 24.4 Å². The minimum absolute atomic E-state index is 0.0374. The molecule has 2 atom stereocenters. The van der Waals surface area contributed by atoms with Gasteiger partial charge in [-0.05, 0) is 18.9 Å². The molecular formula is C15H19FN2O2. The molecule has 108 valence electrons. The van der Waals surface area contributed by atoms with Gasteiger partial charge in [-0.3, -0.25) is 4.79 Å².